The molecule has 1 aromatic rings. The average Bonchev–Trinajstić information content (AvgIpc) is 3.14. The zero-order valence-electron chi connectivity index (χ0n) is 14.3. The average molecular weight is 340 g/mol. The monoisotopic (exact) mass is 339 g/mol. The number of hydrogen-bond acceptors (Lipinski definition) is 4. The Hall–Kier alpha value is -1.11. The number of carbonyl (C=O) groups is 1. The molecule has 1 aliphatic heterocycles. The van der Waals surface area contributed by atoms with Gasteiger partial charge in [-0.2, -0.15) is 0 Å². The van der Waals surface area contributed by atoms with Crippen molar-refractivity contribution < 1.29 is 9.90 Å². The van der Waals surface area contributed by atoms with Gasteiger partial charge < -0.3 is 20.6 Å². The highest BCUT2D eigenvalue weighted by Crippen LogP contribution is 2.24. The molecule has 2 heterocycles. The van der Waals surface area contributed by atoms with Crippen molar-refractivity contribution in [1.29, 1.82) is 0 Å². The minimum atomic E-state index is -1.02. The van der Waals surface area contributed by atoms with Crippen LogP contribution in [0.25, 0.3) is 0 Å². The fraction of sp³-hybridized carbons (Fsp3) is 0.706. The molecule has 1 aliphatic rings. The largest absolute Gasteiger partial charge is 0.383 e. The van der Waals surface area contributed by atoms with Gasteiger partial charge in [-0.15, -0.1) is 11.3 Å². The fourth-order valence-corrected chi connectivity index (χ4v) is 3.77. The Kier molecular flexibility index (Phi) is 6.44. The molecule has 23 heavy (non-hydrogen) atoms. The molecule has 130 valence electrons. The summed E-state index contributed by atoms with van der Waals surface area (Å²) in [4.78, 5) is 15.3. The van der Waals surface area contributed by atoms with Gasteiger partial charge >= 0.3 is 6.03 Å². The molecule has 0 radical (unpaired) electrons. The minimum absolute atomic E-state index is 0.204. The van der Waals surface area contributed by atoms with Gasteiger partial charge in [-0.25, -0.2) is 4.79 Å². The summed E-state index contributed by atoms with van der Waals surface area (Å²) in [5.41, 5.74) is -1.02. The predicted octanol–water partition coefficient (Wildman–Crippen LogP) is 2.23. The normalized spacial score (nSPS) is 21.3. The number of aliphatic hydroxyl groups is 1. The number of amides is 2. The molecule has 0 aliphatic carbocycles. The lowest BCUT2D eigenvalue weighted by Crippen LogP contribution is -2.44. The van der Waals surface area contributed by atoms with Crippen LogP contribution in [0.3, 0.4) is 0 Å². The Morgan fingerprint density at radius 1 is 1.52 bits per heavy atom. The molecule has 0 saturated carbocycles. The highest BCUT2D eigenvalue weighted by Gasteiger charge is 2.26. The standard InChI is InChI=1S/C17H29N3O2S/c1-13(2)10-20-7-6-14(11-20)9-18-16(21)19-12-17(3,22)15-5-4-8-23-15/h4-5,8,13-14,22H,6-7,9-12H2,1-3H3,(H2,18,19,21). The predicted molar refractivity (Wildman–Crippen MR) is 94.7 cm³/mol. The van der Waals surface area contributed by atoms with Crippen molar-refractivity contribution in [2.75, 3.05) is 32.7 Å². The summed E-state index contributed by atoms with van der Waals surface area (Å²) in [6.45, 7) is 10.4. The highest BCUT2D eigenvalue weighted by atomic mass is 32.1. The lowest BCUT2D eigenvalue weighted by atomic mass is 10.1. The smallest absolute Gasteiger partial charge is 0.314 e. The Labute approximate surface area is 143 Å². The van der Waals surface area contributed by atoms with Crippen molar-refractivity contribution >= 4 is 17.4 Å². The van der Waals surface area contributed by atoms with Gasteiger partial charge in [-0.3, -0.25) is 0 Å². The van der Waals surface area contributed by atoms with Crippen LogP contribution < -0.4 is 10.6 Å². The van der Waals surface area contributed by atoms with Gasteiger partial charge in [0.15, 0.2) is 0 Å². The molecule has 2 atom stereocenters. The van der Waals surface area contributed by atoms with E-state index in [2.05, 4.69) is 29.4 Å². The van der Waals surface area contributed by atoms with Crippen LogP contribution in [0.4, 0.5) is 4.79 Å². The first-order valence-corrected chi connectivity index (χ1v) is 9.25. The maximum Gasteiger partial charge on any atom is 0.314 e. The summed E-state index contributed by atoms with van der Waals surface area (Å²) in [7, 11) is 0. The molecule has 2 rings (SSSR count). The van der Waals surface area contributed by atoms with Crippen LogP contribution in [-0.2, 0) is 5.60 Å². The van der Waals surface area contributed by atoms with E-state index in [0.717, 1.165) is 30.9 Å². The second-order valence-corrected chi connectivity index (χ2v) is 8.07. The SMILES string of the molecule is CC(C)CN1CCC(CNC(=O)NCC(C)(O)c2cccs2)C1. The van der Waals surface area contributed by atoms with Crippen LogP contribution in [0.15, 0.2) is 17.5 Å². The summed E-state index contributed by atoms with van der Waals surface area (Å²) < 4.78 is 0. The maximum absolute atomic E-state index is 11.9. The first kappa shape index (κ1) is 18.2. The first-order valence-electron chi connectivity index (χ1n) is 8.37. The van der Waals surface area contributed by atoms with Crippen molar-refractivity contribution in [1.82, 2.24) is 15.5 Å². The highest BCUT2D eigenvalue weighted by molar-refractivity contribution is 7.10. The van der Waals surface area contributed by atoms with Gasteiger partial charge in [0, 0.05) is 24.5 Å². The number of urea groups is 1. The lowest BCUT2D eigenvalue weighted by Gasteiger charge is -2.22. The van der Waals surface area contributed by atoms with E-state index in [4.69, 9.17) is 0 Å². The minimum Gasteiger partial charge on any atom is -0.383 e. The van der Waals surface area contributed by atoms with E-state index in [0.29, 0.717) is 18.4 Å². The van der Waals surface area contributed by atoms with Crippen LogP contribution in [-0.4, -0.2) is 48.8 Å². The molecule has 0 spiro atoms. The van der Waals surface area contributed by atoms with Crippen LogP contribution in [0.5, 0.6) is 0 Å². The van der Waals surface area contributed by atoms with Crippen LogP contribution in [0.2, 0.25) is 0 Å². The Morgan fingerprint density at radius 2 is 2.30 bits per heavy atom. The van der Waals surface area contributed by atoms with E-state index in [1.165, 1.54) is 11.3 Å². The van der Waals surface area contributed by atoms with Gasteiger partial charge in [0.25, 0.3) is 0 Å². The van der Waals surface area contributed by atoms with Gasteiger partial charge in [-0.1, -0.05) is 19.9 Å². The molecule has 1 fully saturated rings. The van der Waals surface area contributed by atoms with Crippen molar-refractivity contribution in [3.63, 3.8) is 0 Å². The molecule has 2 unspecified atom stereocenters. The van der Waals surface area contributed by atoms with E-state index in [9.17, 15) is 9.90 Å². The zero-order chi connectivity index (χ0) is 16.9. The van der Waals surface area contributed by atoms with Crippen LogP contribution in [0.1, 0.15) is 32.1 Å². The number of likely N-dealkylation sites (tertiary alicyclic amines) is 1. The number of nitrogens with zero attached hydrogens (tertiary/aromatic N) is 1. The second-order valence-electron chi connectivity index (χ2n) is 7.12. The van der Waals surface area contributed by atoms with Crippen molar-refractivity contribution in [2.45, 2.75) is 32.8 Å². The molecule has 1 saturated heterocycles. The first-order chi connectivity index (χ1) is 10.9. The number of rotatable bonds is 7. The number of carbonyl (C=O) groups excluding carboxylic acids is 1. The maximum atomic E-state index is 11.9. The third-order valence-corrected chi connectivity index (χ3v) is 5.31. The van der Waals surface area contributed by atoms with Gasteiger partial charge in [0.1, 0.15) is 5.60 Å². The van der Waals surface area contributed by atoms with E-state index >= 15 is 0 Å². The number of thiophene rings is 1. The quantitative estimate of drug-likeness (QED) is 0.714. The number of nitrogens with one attached hydrogen (secondary N) is 2. The number of hydrogen-bond donors (Lipinski definition) is 3. The summed E-state index contributed by atoms with van der Waals surface area (Å²) in [5.74, 6) is 1.21. The Morgan fingerprint density at radius 3 is 2.96 bits per heavy atom. The van der Waals surface area contributed by atoms with Gasteiger partial charge in [-0.05, 0) is 43.2 Å². The summed E-state index contributed by atoms with van der Waals surface area (Å²) in [5, 5.41) is 18.0. The molecule has 3 N–H and O–H groups in total. The topological polar surface area (TPSA) is 64.6 Å². The van der Waals surface area contributed by atoms with Crippen molar-refractivity contribution in [2.24, 2.45) is 11.8 Å². The Balaban J connectivity index is 1.66. The van der Waals surface area contributed by atoms with Crippen LogP contribution in [0, 0.1) is 11.8 Å². The second kappa shape index (κ2) is 8.13. The fourth-order valence-electron chi connectivity index (χ4n) is 2.99. The van der Waals surface area contributed by atoms with Crippen molar-refractivity contribution in [3.05, 3.63) is 22.4 Å². The van der Waals surface area contributed by atoms with E-state index in [1.54, 1.807) is 6.92 Å². The Bertz CT molecular complexity index is 488. The summed E-state index contributed by atoms with van der Waals surface area (Å²) in [6.07, 6.45) is 1.14. The lowest BCUT2D eigenvalue weighted by molar-refractivity contribution is 0.0631. The zero-order valence-corrected chi connectivity index (χ0v) is 15.2. The van der Waals surface area contributed by atoms with Gasteiger partial charge in [0.05, 0.1) is 6.54 Å². The summed E-state index contributed by atoms with van der Waals surface area (Å²) in [6, 6.07) is 3.58. The molecule has 6 heteroatoms. The van der Waals surface area contributed by atoms with E-state index in [-0.39, 0.29) is 12.6 Å². The molecule has 1 aromatic heterocycles. The van der Waals surface area contributed by atoms with Crippen molar-refractivity contribution in [3.8, 4) is 0 Å². The summed E-state index contributed by atoms with van der Waals surface area (Å²) >= 11 is 1.49. The van der Waals surface area contributed by atoms with Crippen LogP contribution >= 0.6 is 11.3 Å². The molecule has 0 bridgehead atoms. The third kappa shape index (κ3) is 5.79. The molecule has 2 amide bonds. The van der Waals surface area contributed by atoms with E-state index < -0.39 is 5.60 Å². The molecule has 5 nitrogen and oxygen atoms in total. The molecule has 0 aromatic carbocycles. The third-order valence-electron chi connectivity index (χ3n) is 4.19. The molecular weight excluding hydrogens is 310 g/mol. The van der Waals surface area contributed by atoms with Gasteiger partial charge in [0.2, 0.25) is 0 Å². The van der Waals surface area contributed by atoms with E-state index in [1.807, 2.05) is 17.5 Å². The molecular formula is C17H29N3O2S.